The normalized spacial score (nSPS) is 10.7. The maximum absolute atomic E-state index is 13.7. The fourth-order valence-electron chi connectivity index (χ4n) is 1.85. The second-order valence-electron chi connectivity index (χ2n) is 4.29. The highest BCUT2D eigenvalue weighted by Crippen LogP contribution is 2.24. The van der Waals surface area contributed by atoms with Gasteiger partial charge in [-0.15, -0.1) is 0 Å². The van der Waals surface area contributed by atoms with Crippen LogP contribution in [0, 0.1) is 11.6 Å². The molecule has 3 nitrogen and oxygen atoms in total. The minimum Gasteiger partial charge on any atom is -0.298 e. The van der Waals surface area contributed by atoms with Crippen molar-refractivity contribution in [2.24, 2.45) is 0 Å². The largest absolute Gasteiger partial charge is 0.298 e. The molecular weight excluding hydrogens is 250 g/mol. The molecule has 19 heavy (non-hydrogen) atoms. The van der Waals surface area contributed by atoms with Gasteiger partial charge in [0.05, 0.1) is 5.56 Å². The van der Waals surface area contributed by atoms with Crippen LogP contribution in [0.15, 0.2) is 24.4 Å². The van der Waals surface area contributed by atoms with Crippen molar-refractivity contribution >= 4 is 6.29 Å². The number of benzene rings is 1. The predicted molar refractivity (Wildman–Crippen MR) is 67.9 cm³/mol. The smallest absolute Gasteiger partial charge is 0.153 e. The summed E-state index contributed by atoms with van der Waals surface area (Å²) >= 11 is 0. The third-order valence-corrected chi connectivity index (χ3v) is 2.84. The molecular formula is C14H14F2N2O. The summed E-state index contributed by atoms with van der Waals surface area (Å²) in [6.45, 7) is 2.71. The molecule has 0 unspecified atom stereocenters. The van der Waals surface area contributed by atoms with E-state index in [0.29, 0.717) is 18.4 Å². The number of hydrogen-bond donors (Lipinski definition) is 0. The molecule has 0 radical (unpaired) electrons. The number of nitrogens with zero attached hydrogens (tertiary/aromatic N) is 2. The van der Waals surface area contributed by atoms with Crippen LogP contribution >= 0.6 is 0 Å². The molecule has 0 aliphatic heterocycles. The van der Waals surface area contributed by atoms with Gasteiger partial charge >= 0.3 is 0 Å². The van der Waals surface area contributed by atoms with Gasteiger partial charge in [-0.3, -0.25) is 9.48 Å². The molecule has 0 aliphatic carbocycles. The van der Waals surface area contributed by atoms with Gasteiger partial charge in [-0.25, -0.2) is 8.78 Å². The van der Waals surface area contributed by atoms with Crippen molar-refractivity contribution in [1.29, 1.82) is 0 Å². The highest BCUT2D eigenvalue weighted by molar-refractivity contribution is 5.85. The zero-order valence-corrected chi connectivity index (χ0v) is 10.6. The summed E-state index contributed by atoms with van der Waals surface area (Å²) in [5.74, 6) is -1.37. The molecule has 1 aromatic carbocycles. The van der Waals surface area contributed by atoms with Gasteiger partial charge in [0.15, 0.2) is 6.29 Å². The summed E-state index contributed by atoms with van der Waals surface area (Å²) in [4.78, 5) is 11.0. The van der Waals surface area contributed by atoms with E-state index in [0.717, 1.165) is 25.0 Å². The van der Waals surface area contributed by atoms with Crippen LogP contribution in [0.25, 0.3) is 11.3 Å². The molecule has 0 spiro atoms. The summed E-state index contributed by atoms with van der Waals surface area (Å²) in [6.07, 6.45) is 4.14. The van der Waals surface area contributed by atoms with Gasteiger partial charge in [0.2, 0.25) is 0 Å². The molecule has 1 aromatic heterocycles. The number of carbonyl (C=O) groups is 1. The molecule has 0 bridgehead atoms. The molecule has 1 heterocycles. The second-order valence-corrected chi connectivity index (χ2v) is 4.29. The Morgan fingerprint density at radius 1 is 1.37 bits per heavy atom. The van der Waals surface area contributed by atoms with E-state index >= 15 is 0 Å². The highest BCUT2D eigenvalue weighted by atomic mass is 19.1. The molecule has 0 fully saturated rings. The average molecular weight is 264 g/mol. The Hall–Kier alpha value is -2.04. The third kappa shape index (κ3) is 2.86. The Balaban J connectivity index is 2.42. The van der Waals surface area contributed by atoms with Crippen LogP contribution in [0.2, 0.25) is 0 Å². The van der Waals surface area contributed by atoms with E-state index in [1.165, 1.54) is 6.07 Å². The van der Waals surface area contributed by atoms with Gasteiger partial charge in [-0.1, -0.05) is 13.3 Å². The number of aryl methyl sites for hydroxylation is 1. The Morgan fingerprint density at radius 2 is 2.16 bits per heavy atom. The van der Waals surface area contributed by atoms with Crippen molar-refractivity contribution in [3.05, 3.63) is 41.6 Å². The lowest BCUT2D eigenvalue weighted by Crippen LogP contribution is -1.98. The first kappa shape index (κ1) is 13.4. The first-order chi connectivity index (χ1) is 9.15. The fraction of sp³-hybridized carbons (Fsp3) is 0.286. The summed E-state index contributed by atoms with van der Waals surface area (Å²) in [5, 5.41) is 4.20. The van der Waals surface area contributed by atoms with Crippen LogP contribution in [0.1, 0.15) is 30.1 Å². The quantitative estimate of drug-likeness (QED) is 0.775. The number of aldehydes is 1. The molecule has 0 N–H and O–H groups in total. The molecule has 0 amide bonds. The van der Waals surface area contributed by atoms with Gasteiger partial charge < -0.3 is 0 Å². The minimum absolute atomic E-state index is 0.138. The Kier molecular flexibility index (Phi) is 4.04. The van der Waals surface area contributed by atoms with E-state index in [1.54, 1.807) is 10.9 Å². The second kappa shape index (κ2) is 5.73. The number of aromatic nitrogens is 2. The number of rotatable bonds is 5. The fourth-order valence-corrected chi connectivity index (χ4v) is 1.85. The van der Waals surface area contributed by atoms with Crippen LogP contribution in [-0.4, -0.2) is 16.1 Å². The molecule has 5 heteroatoms. The van der Waals surface area contributed by atoms with Crippen molar-refractivity contribution in [2.45, 2.75) is 26.3 Å². The van der Waals surface area contributed by atoms with Crippen molar-refractivity contribution in [3.8, 4) is 11.3 Å². The molecule has 2 aromatic rings. The lowest BCUT2D eigenvalue weighted by molar-refractivity contribution is 0.112. The molecule has 2 rings (SSSR count). The zero-order valence-electron chi connectivity index (χ0n) is 10.6. The minimum atomic E-state index is -0.719. The standard InChI is InChI=1S/C14H14F2N2O/c1-2-3-6-18-8-10(9-19)14(17-18)12-5-4-11(15)7-13(12)16/h4-5,7-9H,2-3,6H2,1H3. The van der Waals surface area contributed by atoms with Crippen LogP contribution in [-0.2, 0) is 6.54 Å². The Morgan fingerprint density at radius 3 is 2.79 bits per heavy atom. The molecule has 0 atom stereocenters. The first-order valence-corrected chi connectivity index (χ1v) is 6.13. The molecule has 100 valence electrons. The first-order valence-electron chi connectivity index (χ1n) is 6.13. The Labute approximate surface area is 109 Å². The molecule has 0 saturated carbocycles. The summed E-state index contributed by atoms with van der Waals surface area (Å²) < 4.78 is 28.2. The summed E-state index contributed by atoms with van der Waals surface area (Å²) in [6, 6.07) is 3.23. The van der Waals surface area contributed by atoms with Crippen LogP contribution < -0.4 is 0 Å². The van der Waals surface area contributed by atoms with E-state index in [-0.39, 0.29) is 11.3 Å². The zero-order chi connectivity index (χ0) is 13.8. The van der Waals surface area contributed by atoms with E-state index in [4.69, 9.17) is 0 Å². The van der Waals surface area contributed by atoms with Gasteiger partial charge in [0.25, 0.3) is 0 Å². The van der Waals surface area contributed by atoms with Crippen molar-refractivity contribution < 1.29 is 13.6 Å². The summed E-state index contributed by atoms with van der Waals surface area (Å²) in [7, 11) is 0. The number of carbonyl (C=O) groups excluding carboxylic acids is 1. The monoisotopic (exact) mass is 264 g/mol. The van der Waals surface area contributed by atoms with Crippen LogP contribution in [0.3, 0.4) is 0 Å². The lowest BCUT2D eigenvalue weighted by atomic mass is 10.1. The van der Waals surface area contributed by atoms with Gasteiger partial charge in [0, 0.05) is 24.4 Å². The topological polar surface area (TPSA) is 34.9 Å². The van der Waals surface area contributed by atoms with Crippen molar-refractivity contribution in [1.82, 2.24) is 9.78 Å². The Bertz CT molecular complexity index is 593. The van der Waals surface area contributed by atoms with Gasteiger partial charge in [-0.2, -0.15) is 5.10 Å². The number of halogens is 2. The highest BCUT2D eigenvalue weighted by Gasteiger charge is 2.15. The van der Waals surface area contributed by atoms with E-state index in [9.17, 15) is 13.6 Å². The van der Waals surface area contributed by atoms with Gasteiger partial charge in [0.1, 0.15) is 17.3 Å². The third-order valence-electron chi connectivity index (χ3n) is 2.84. The predicted octanol–water partition coefficient (Wildman–Crippen LogP) is 3.44. The van der Waals surface area contributed by atoms with E-state index < -0.39 is 11.6 Å². The number of hydrogen-bond acceptors (Lipinski definition) is 2. The maximum Gasteiger partial charge on any atom is 0.153 e. The molecule has 0 saturated heterocycles. The SMILES string of the molecule is CCCCn1cc(C=O)c(-c2ccc(F)cc2F)n1. The van der Waals surface area contributed by atoms with Crippen LogP contribution in [0.5, 0.6) is 0 Å². The van der Waals surface area contributed by atoms with Crippen molar-refractivity contribution in [3.63, 3.8) is 0 Å². The lowest BCUT2D eigenvalue weighted by Gasteiger charge is -2.01. The van der Waals surface area contributed by atoms with E-state index in [1.807, 2.05) is 6.92 Å². The van der Waals surface area contributed by atoms with Crippen LogP contribution in [0.4, 0.5) is 8.78 Å². The maximum atomic E-state index is 13.7. The van der Waals surface area contributed by atoms with Gasteiger partial charge in [-0.05, 0) is 18.6 Å². The van der Waals surface area contributed by atoms with E-state index in [2.05, 4.69) is 5.10 Å². The number of unbranched alkanes of at least 4 members (excludes halogenated alkanes) is 1. The average Bonchev–Trinajstić information content (AvgIpc) is 2.79. The van der Waals surface area contributed by atoms with Crippen molar-refractivity contribution in [2.75, 3.05) is 0 Å². The summed E-state index contributed by atoms with van der Waals surface area (Å²) in [5.41, 5.74) is 0.698. The molecule has 0 aliphatic rings.